The zero-order valence-corrected chi connectivity index (χ0v) is 17.7. The number of benzene rings is 3. The van der Waals surface area contributed by atoms with Gasteiger partial charge in [-0.2, -0.15) is 5.10 Å². The number of aromatic nitrogens is 1. The highest BCUT2D eigenvalue weighted by Gasteiger charge is 2.07. The van der Waals surface area contributed by atoms with Crippen molar-refractivity contribution in [2.75, 3.05) is 5.43 Å². The van der Waals surface area contributed by atoms with Crippen LogP contribution in [-0.2, 0) is 6.42 Å². The Labute approximate surface area is 184 Å². The smallest absolute Gasteiger partial charge is 0.146 e. The summed E-state index contributed by atoms with van der Waals surface area (Å²) in [6.07, 6.45) is 0.938. The molecule has 0 aliphatic heterocycles. The molecule has 0 amide bonds. The van der Waals surface area contributed by atoms with Crippen LogP contribution in [0.1, 0.15) is 12.5 Å². The number of nitrogens with zero attached hydrogens (tertiary/aromatic N) is 2. The van der Waals surface area contributed by atoms with Gasteiger partial charge in [0.1, 0.15) is 17.2 Å². The molecule has 5 aromatic rings. The van der Waals surface area contributed by atoms with Crippen LogP contribution in [0, 0.1) is 0 Å². The van der Waals surface area contributed by atoms with Crippen molar-refractivity contribution in [2.45, 2.75) is 13.3 Å². The molecule has 0 atom stereocenters. The number of hydrogen-bond acceptors (Lipinski definition) is 4. The molecular weight excluding hydrogens is 406 g/mol. The van der Waals surface area contributed by atoms with E-state index < -0.39 is 0 Å². The number of rotatable bonds is 4. The average molecular weight is 426 g/mol. The Morgan fingerprint density at radius 3 is 2.61 bits per heavy atom. The van der Waals surface area contributed by atoms with E-state index in [9.17, 15) is 0 Å². The highest BCUT2D eigenvalue weighted by molar-refractivity contribution is 6.30. The van der Waals surface area contributed by atoms with E-state index in [0.717, 1.165) is 45.0 Å². The third kappa shape index (κ3) is 4.03. The van der Waals surface area contributed by atoms with Crippen LogP contribution in [0.2, 0.25) is 5.02 Å². The quantitative estimate of drug-likeness (QED) is 0.322. The molecule has 0 radical (unpaired) electrons. The van der Waals surface area contributed by atoms with E-state index in [1.165, 1.54) is 5.56 Å². The lowest BCUT2D eigenvalue weighted by Crippen LogP contribution is -2.08. The number of aryl methyl sites for hydroxylation is 1. The van der Waals surface area contributed by atoms with E-state index in [1.54, 1.807) is 0 Å². The fourth-order valence-electron chi connectivity index (χ4n) is 3.53. The summed E-state index contributed by atoms with van der Waals surface area (Å²) in [7, 11) is 0. The predicted molar refractivity (Wildman–Crippen MR) is 127 cm³/mol. The van der Waals surface area contributed by atoms with Gasteiger partial charge in [-0.15, -0.1) is 0 Å². The largest absolute Gasteiger partial charge is 0.456 e. The number of fused-ring (bicyclic) bond motifs is 2. The van der Waals surface area contributed by atoms with Crippen molar-refractivity contribution in [3.05, 3.63) is 101 Å². The molecule has 0 spiro atoms. The van der Waals surface area contributed by atoms with E-state index in [4.69, 9.17) is 21.1 Å². The minimum Gasteiger partial charge on any atom is -0.456 e. The number of pyridine rings is 1. The maximum atomic E-state index is 6.19. The highest BCUT2D eigenvalue weighted by atomic mass is 35.5. The average Bonchev–Trinajstić information content (AvgIpc) is 2.82. The molecule has 0 aliphatic carbocycles. The fourth-order valence-corrected chi connectivity index (χ4v) is 3.66. The minimum absolute atomic E-state index is 0.686. The SMILES string of the molecule is CCc1ccc2oc(-c3ccc(Cl)cc3)c/c(=N\Nc3ccc4ccccc4n3)c2c1. The van der Waals surface area contributed by atoms with Crippen molar-refractivity contribution >= 4 is 39.3 Å². The molecule has 31 heavy (non-hydrogen) atoms. The van der Waals surface area contributed by atoms with Gasteiger partial charge in [0, 0.05) is 27.4 Å². The van der Waals surface area contributed by atoms with Crippen LogP contribution in [0.25, 0.3) is 33.2 Å². The van der Waals surface area contributed by atoms with Gasteiger partial charge in [0.25, 0.3) is 0 Å². The minimum atomic E-state index is 0.686. The number of nitrogens with one attached hydrogen (secondary N) is 1. The predicted octanol–water partition coefficient (Wildman–Crippen LogP) is 6.79. The monoisotopic (exact) mass is 425 g/mol. The van der Waals surface area contributed by atoms with E-state index in [0.29, 0.717) is 10.8 Å². The van der Waals surface area contributed by atoms with Crippen LogP contribution in [-0.4, -0.2) is 4.98 Å². The molecule has 5 rings (SSSR count). The van der Waals surface area contributed by atoms with Crippen LogP contribution in [0.5, 0.6) is 0 Å². The lowest BCUT2D eigenvalue weighted by atomic mass is 10.1. The second-order valence-corrected chi connectivity index (χ2v) is 7.74. The van der Waals surface area contributed by atoms with Crippen molar-refractivity contribution in [3.63, 3.8) is 0 Å². The number of hydrogen-bond donors (Lipinski definition) is 1. The van der Waals surface area contributed by atoms with Crippen molar-refractivity contribution in [2.24, 2.45) is 5.10 Å². The molecule has 5 heteroatoms. The molecule has 2 heterocycles. The summed E-state index contributed by atoms with van der Waals surface area (Å²) in [6.45, 7) is 2.13. The van der Waals surface area contributed by atoms with Gasteiger partial charge >= 0.3 is 0 Å². The third-order valence-electron chi connectivity index (χ3n) is 5.23. The summed E-state index contributed by atoms with van der Waals surface area (Å²) in [4.78, 5) is 4.65. The molecule has 152 valence electrons. The zero-order chi connectivity index (χ0) is 21.2. The van der Waals surface area contributed by atoms with Crippen molar-refractivity contribution in [3.8, 4) is 11.3 Å². The van der Waals surface area contributed by atoms with Gasteiger partial charge in [-0.1, -0.05) is 42.8 Å². The number of para-hydroxylation sites is 1. The first-order valence-electron chi connectivity index (χ1n) is 10.2. The lowest BCUT2D eigenvalue weighted by molar-refractivity contribution is 0.618. The Balaban J connectivity index is 1.63. The van der Waals surface area contributed by atoms with Crippen molar-refractivity contribution < 1.29 is 4.42 Å². The molecule has 0 aliphatic rings. The van der Waals surface area contributed by atoms with Gasteiger partial charge < -0.3 is 4.42 Å². The van der Waals surface area contributed by atoms with Gasteiger partial charge in [-0.25, -0.2) is 4.98 Å². The van der Waals surface area contributed by atoms with Crippen LogP contribution >= 0.6 is 11.6 Å². The van der Waals surface area contributed by atoms with E-state index in [-0.39, 0.29) is 0 Å². The van der Waals surface area contributed by atoms with Gasteiger partial charge in [0.15, 0.2) is 0 Å². The molecular formula is C26H20ClN3O. The van der Waals surface area contributed by atoms with Gasteiger partial charge in [-0.3, -0.25) is 5.43 Å². The first kappa shape index (κ1) is 19.3. The van der Waals surface area contributed by atoms with Crippen LogP contribution in [0.3, 0.4) is 0 Å². The Kier molecular flexibility index (Phi) is 5.14. The van der Waals surface area contributed by atoms with E-state index in [2.05, 4.69) is 29.5 Å². The molecule has 4 nitrogen and oxygen atoms in total. The first-order chi connectivity index (χ1) is 15.2. The molecule has 0 fully saturated rings. The molecule has 0 unspecified atom stereocenters. The van der Waals surface area contributed by atoms with Crippen LogP contribution in [0.15, 0.2) is 94.4 Å². The Morgan fingerprint density at radius 1 is 0.935 bits per heavy atom. The summed E-state index contributed by atoms with van der Waals surface area (Å²) in [5.74, 6) is 1.41. The summed E-state index contributed by atoms with van der Waals surface area (Å²) < 4.78 is 6.19. The maximum Gasteiger partial charge on any atom is 0.146 e. The van der Waals surface area contributed by atoms with Crippen LogP contribution in [0.4, 0.5) is 5.82 Å². The summed E-state index contributed by atoms with van der Waals surface area (Å²) >= 11 is 6.05. The third-order valence-corrected chi connectivity index (χ3v) is 5.49. The normalized spacial score (nSPS) is 11.9. The Morgan fingerprint density at radius 2 is 1.77 bits per heavy atom. The second kappa shape index (κ2) is 8.25. The van der Waals surface area contributed by atoms with E-state index >= 15 is 0 Å². The van der Waals surface area contributed by atoms with Gasteiger partial charge in [0.2, 0.25) is 0 Å². The van der Waals surface area contributed by atoms with Gasteiger partial charge in [0.05, 0.1) is 10.9 Å². The molecule has 1 N–H and O–H groups in total. The van der Waals surface area contributed by atoms with Crippen molar-refractivity contribution in [1.82, 2.24) is 4.98 Å². The Bertz CT molecular complexity index is 1460. The topological polar surface area (TPSA) is 50.4 Å². The molecule has 0 saturated heterocycles. The van der Waals surface area contributed by atoms with E-state index in [1.807, 2.05) is 72.8 Å². The molecule has 2 aromatic heterocycles. The first-order valence-corrected chi connectivity index (χ1v) is 10.6. The fraction of sp³-hybridized carbons (Fsp3) is 0.0769. The number of halogens is 1. The molecule has 0 saturated carbocycles. The standard InChI is InChI=1S/C26H20ClN3O/c1-2-17-7-13-24-21(15-17)23(16-25(31-24)19-8-11-20(27)12-9-19)29-30-26-14-10-18-5-3-4-6-22(18)28-26/h3-16H,2H2,1H3,(H,28,30)/b29-23+. The lowest BCUT2D eigenvalue weighted by Gasteiger charge is -2.07. The second-order valence-electron chi connectivity index (χ2n) is 7.30. The zero-order valence-electron chi connectivity index (χ0n) is 17.0. The van der Waals surface area contributed by atoms with Crippen LogP contribution < -0.4 is 10.8 Å². The van der Waals surface area contributed by atoms with Gasteiger partial charge in [-0.05, 0) is 66.6 Å². The maximum absolute atomic E-state index is 6.19. The van der Waals surface area contributed by atoms with Crippen molar-refractivity contribution in [1.29, 1.82) is 0 Å². The number of anilines is 1. The Hall–Kier alpha value is -3.63. The summed E-state index contributed by atoms with van der Waals surface area (Å²) in [6, 6.07) is 27.7. The molecule has 0 bridgehead atoms. The highest BCUT2D eigenvalue weighted by Crippen LogP contribution is 2.24. The summed E-state index contributed by atoms with van der Waals surface area (Å²) in [5.41, 5.74) is 6.98. The summed E-state index contributed by atoms with van der Waals surface area (Å²) in [5, 5.41) is 8.21. The molecule has 3 aromatic carbocycles.